The molecule has 3 aromatic rings. The molecule has 1 aromatic heterocycles. The van der Waals surface area contributed by atoms with Crippen molar-refractivity contribution in [3.05, 3.63) is 60.4 Å². The minimum atomic E-state index is 0.0399. The zero-order chi connectivity index (χ0) is 20.6. The molecule has 0 radical (unpaired) electrons. The number of aromatic nitrogens is 3. The van der Waals surface area contributed by atoms with E-state index in [4.69, 9.17) is 9.47 Å². The standard InChI is InChI=1S/C21H24N4O3S/c1-24(12-11-16-9-10-18(27-2)19(13-16)28-3)20(26)14-29-21-23-22-15-25(21)17-7-5-4-6-8-17/h4-10,13,15H,11-12,14H2,1-3H3. The fourth-order valence-electron chi connectivity index (χ4n) is 2.78. The van der Waals surface area contributed by atoms with Crippen LogP contribution in [0.25, 0.3) is 5.69 Å². The minimum Gasteiger partial charge on any atom is -0.493 e. The van der Waals surface area contributed by atoms with Crippen molar-refractivity contribution >= 4 is 17.7 Å². The van der Waals surface area contributed by atoms with Crippen LogP contribution in [0.5, 0.6) is 11.5 Å². The molecule has 3 rings (SSSR count). The van der Waals surface area contributed by atoms with Gasteiger partial charge >= 0.3 is 0 Å². The van der Waals surface area contributed by atoms with Gasteiger partial charge in [-0.2, -0.15) is 0 Å². The molecular formula is C21H24N4O3S. The second-order valence-electron chi connectivity index (χ2n) is 6.36. The largest absolute Gasteiger partial charge is 0.493 e. The Balaban J connectivity index is 1.54. The number of rotatable bonds is 9. The molecule has 1 amide bonds. The van der Waals surface area contributed by atoms with Crippen molar-refractivity contribution in [2.45, 2.75) is 11.6 Å². The highest BCUT2D eigenvalue weighted by Crippen LogP contribution is 2.27. The van der Waals surface area contributed by atoms with Gasteiger partial charge in [0.1, 0.15) is 6.33 Å². The second kappa shape index (κ2) is 9.97. The lowest BCUT2D eigenvalue weighted by Crippen LogP contribution is -2.30. The maximum Gasteiger partial charge on any atom is 0.232 e. The lowest BCUT2D eigenvalue weighted by atomic mass is 10.1. The summed E-state index contributed by atoms with van der Waals surface area (Å²) in [6.45, 7) is 0.611. The number of nitrogens with zero attached hydrogens (tertiary/aromatic N) is 4. The molecule has 0 atom stereocenters. The highest BCUT2D eigenvalue weighted by Gasteiger charge is 2.14. The van der Waals surface area contributed by atoms with Crippen molar-refractivity contribution < 1.29 is 14.3 Å². The van der Waals surface area contributed by atoms with Crippen LogP contribution in [0, 0.1) is 0 Å². The maximum absolute atomic E-state index is 12.5. The first-order valence-electron chi connectivity index (χ1n) is 9.15. The number of hydrogen-bond donors (Lipinski definition) is 0. The quantitative estimate of drug-likeness (QED) is 0.503. The number of likely N-dealkylation sites (N-methyl/N-ethyl adjacent to an activating group) is 1. The molecule has 0 N–H and O–H groups in total. The molecule has 0 fully saturated rings. The average molecular weight is 413 g/mol. The normalized spacial score (nSPS) is 10.6. The third-order valence-electron chi connectivity index (χ3n) is 4.49. The first-order chi connectivity index (χ1) is 14.1. The van der Waals surface area contributed by atoms with Gasteiger partial charge in [0.2, 0.25) is 5.91 Å². The summed E-state index contributed by atoms with van der Waals surface area (Å²) in [4.78, 5) is 14.3. The van der Waals surface area contributed by atoms with Crippen molar-refractivity contribution in [3.63, 3.8) is 0 Å². The molecule has 2 aromatic carbocycles. The molecule has 7 nitrogen and oxygen atoms in total. The summed E-state index contributed by atoms with van der Waals surface area (Å²) in [5, 5.41) is 8.80. The first kappa shape index (κ1) is 20.7. The highest BCUT2D eigenvalue weighted by molar-refractivity contribution is 7.99. The number of thioether (sulfide) groups is 1. The van der Waals surface area contributed by atoms with Crippen molar-refractivity contribution in [2.24, 2.45) is 0 Å². The van der Waals surface area contributed by atoms with Gasteiger partial charge in [0.25, 0.3) is 0 Å². The van der Waals surface area contributed by atoms with Crippen LogP contribution in [-0.4, -0.2) is 59.1 Å². The predicted molar refractivity (Wildman–Crippen MR) is 113 cm³/mol. The Labute approximate surface area is 174 Å². The maximum atomic E-state index is 12.5. The molecule has 0 saturated heterocycles. The minimum absolute atomic E-state index is 0.0399. The summed E-state index contributed by atoms with van der Waals surface area (Å²) in [5.74, 6) is 1.72. The number of hydrogen-bond acceptors (Lipinski definition) is 6. The summed E-state index contributed by atoms with van der Waals surface area (Å²) in [6.07, 6.45) is 2.39. The number of ether oxygens (including phenoxy) is 2. The van der Waals surface area contributed by atoms with Gasteiger partial charge in [0.05, 0.1) is 20.0 Å². The van der Waals surface area contributed by atoms with E-state index < -0.39 is 0 Å². The predicted octanol–water partition coefficient (Wildman–Crippen LogP) is 3.08. The third kappa shape index (κ3) is 5.29. The Kier molecular flexibility index (Phi) is 7.13. The van der Waals surface area contributed by atoms with Crippen LogP contribution in [0.2, 0.25) is 0 Å². The van der Waals surface area contributed by atoms with E-state index >= 15 is 0 Å². The molecule has 0 aliphatic rings. The number of carbonyl (C=O) groups is 1. The van der Waals surface area contributed by atoms with Crippen LogP contribution >= 0.6 is 11.8 Å². The van der Waals surface area contributed by atoms with Crippen LogP contribution in [0.1, 0.15) is 5.56 Å². The van der Waals surface area contributed by atoms with Crippen LogP contribution in [0.3, 0.4) is 0 Å². The summed E-state index contributed by atoms with van der Waals surface area (Å²) in [6, 6.07) is 15.6. The van der Waals surface area contributed by atoms with Crippen LogP contribution < -0.4 is 9.47 Å². The molecule has 0 aliphatic carbocycles. The molecule has 152 valence electrons. The Bertz CT molecular complexity index is 946. The van der Waals surface area contributed by atoms with Gasteiger partial charge in [-0.15, -0.1) is 10.2 Å². The second-order valence-corrected chi connectivity index (χ2v) is 7.30. The average Bonchev–Trinajstić information content (AvgIpc) is 3.24. The van der Waals surface area contributed by atoms with Gasteiger partial charge in [0, 0.05) is 19.3 Å². The van der Waals surface area contributed by atoms with Gasteiger partial charge in [-0.3, -0.25) is 9.36 Å². The fraction of sp³-hybridized carbons (Fsp3) is 0.286. The van der Waals surface area contributed by atoms with Gasteiger partial charge < -0.3 is 14.4 Å². The third-order valence-corrected chi connectivity index (χ3v) is 5.41. The number of benzene rings is 2. The molecule has 1 heterocycles. The Hall–Kier alpha value is -3.00. The Morgan fingerprint density at radius 3 is 2.59 bits per heavy atom. The molecule has 29 heavy (non-hydrogen) atoms. The highest BCUT2D eigenvalue weighted by atomic mass is 32.2. The summed E-state index contributed by atoms with van der Waals surface area (Å²) < 4.78 is 12.5. The number of methoxy groups -OCH3 is 2. The van der Waals surface area contributed by atoms with E-state index in [1.165, 1.54) is 11.8 Å². The Morgan fingerprint density at radius 1 is 1.10 bits per heavy atom. The van der Waals surface area contributed by atoms with Crippen LogP contribution in [-0.2, 0) is 11.2 Å². The van der Waals surface area contributed by atoms with Crippen molar-refractivity contribution in [2.75, 3.05) is 33.6 Å². The molecule has 0 aliphatic heterocycles. The van der Waals surface area contributed by atoms with Crippen LogP contribution in [0.15, 0.2) is 60.0 Å². The molecule has 0 spiro atoms. The molecule has 0 bridgehead atoms. The van der Waals surface area contributed by atoms with Crippen molar-refractivity contribution in [1.29, 1.82) is 0 Å². The lowest BCUT2D eigenvalue weighted by Gasteiger charge is -2.17. The molecule has 0 unspecified atom stereocenters. The van der Waals surface area contributed by atoms with E-state index in [-0.39, 0.29) is 5.91 Å². The van der Waals surface area contributed by atoms with Crippen molar-refractivity contribution in [3.8, 4) is 17.2 Å². The summed E-state index contributed by atoms with van der Waals surface area (Å²) >= 11 is 1.38. The summed E-state index contributed by atoms with van der Waals surface area (Å²) in [5.41, 5.74) is 2.05. The SMILES string of the molecule is COc1ccc(CCN(C)C(=O)CSc2nncn2-c2ccccc2)cc1OC. The van der Waals surface area contributed by atoms with Gasteiger partial charge in [-0.05, 0) is 36.2 Å². The zero-order valence-electron chi connectivity index (χ0n) is 16.7. The van der Waals surface area contributed by atoms with E-state index in [0.29, 0.717) is 29.0 Å². The van der Waals surface area contributed by atoms with E-state index in [1.54, 1.807) is 25.4 Å². The van der Waals surface area contributed by atoms with Gasteiger partial charge in [0.15, 0.2) is 16.7 Å². The molecule has 8 heteroatoms. The monoisotopic (exact) mass is 412 g/mol. The van der Waals surface area contributed by atoms with Crippen LogP contribution in [0.4, 0.5) is 0 Å². The summed E-state index contributed by atoms with van der Waals surface area (Å²) in [7, 11) is 5.04. The van der Waals surface area contributed by atoms with Crippen molar-refractivity contribution in [1.82, 2.24) is 19.7 Å². The van der Waals surface area contributed by atoms with Gasteiger partial charge in [-0.1, -0.05) is 36.0 Å². The lowest BCUT2D eigenvalue weighted by molar-refractivity contribution is -0.127. The first-order valence-corrected chi connectivity index (χ1v) is 10.1. The number of amides is 1. The van der Waals surface area contributed by atoms with E-state index in [2.05, 4.69) is 10.2 Å². The van der Waals surface area contributed by atoms with Gasteiger partial charge in [-0.25, -0.2) is 0 Å². The van der Waals surface area contributed by atoms with E-state index in [0.717, 1.165) is 17.7 Å². The number of para-hydroxylation sites is 1. The zero-order valence-corrected chi connectivity index (χ0v) is 17.6. The smallest absolute Gasteiger partial charge is 0.232 e. The topological polar surface area (TPSA) is 69.5 Å². The van der Waals surface area contributed by atoms with E-state index in [9.17, 15) is 4.79 Å². The Morgan fingerprint density at radius 2 is 1.86 bits per heavy atom. The molecular weight excluding hydrogens is 388 g/mol. The molecule has 0 saturated carbocycles. The number of carbonyl (C=O) groups excluding carboxylic acids is 1. The fourth-order valence-corrected chi connectivity index (χ4v) is 3.65. The van der Waals surface area contributed by atoms with E-state index in [1.807, 2.05) is 60.1 Å².